The maximum atomic E-state index is 14.2. The Morgan fingerprint density at radius 2 is 1.12 bits per heavy atom. The molecular formula is C21H28F2N4O6. The lowest BCUT2D eigenvalue weighted by molar-refractivity contribution is -0.139. The summed E-state index contributed by atoms with van der Waals surface area (Å²) >= 11 is 0. The van der Waals surface area contributed by atoms with Crippen molar-refractivity contribution in [1.82, 2.24) is 19.6 Å². The fourth-order valence-electron chi connectivity index (χ4n) is 3.41. The van der Waals surface area contributed by atoms with Crippen LogP contribution in [0.1, 0.15) is 5.56 Å². The Labute approximate surface area is 189 Å². The Bertz CT molecular complexity index is 849. The molecule has 1 aromatic carbocycles. The fourth-order valence-corrected chi connectivity index (χ4v) is 3.41. The van der Waals surface area contributed by atoms with Gasteiger partial charge < -0.3 is 25.1 Å². The summed E-state index contributed by atoms with van der Waals surface area (Å²) < 4.78 is 28.4. The molecule has 1 aliphatic rings. The van der Waals surface area contributed by atoms with Crippen molar-refractivity contribution in [2.45, 2.75) is 6.54 Å². The van der Waals surface area contributed by atoms with Gasteiger partial charge >= 0.3 is 17.9 Å². The van der Waals surface area contributed by atoms with Gasteiger partial charge in [-0.2, -0.15) is 0 Å². The lowest BCUT2D eigenvalue weighted by Gasteiger charge is -2.31. The van der Waals surface area contributed by atoms with Gasteiger partial charge in [0.1, 0.15) is 24.7 Å². The standard InChI is InChI=1S/C21H28F2N4O6/c22-17-2-1-3-18(23)16(17)12-24-4-6-25(13-19(28)29)8-10-27(15-21(32)33)11-9-26(7-5-24)14-20(30)31/h1-3,8,10H,4-7,9,11-15H2,(H,28,29)(H,30,31)(H,32,33)/b10-8-. The molecule has 0 fully saturated rings. The Morgan fingerprint density at radius 3 is 1.61 bits per heavy atom. The Morgan fingerprint density at radius 1 is 0.697 bits per heavy atom. The highest BCUT2D eigenvalue weighted by molar-refractivity contribution is 5.70. The highest BCUT2D eigenvalue weighted by atomic mass is 19.1. The molecule has 1 aromatic rings. The Kier molecular flexibility index (Phi) is 10.0. The zero-order chi connectivity index (χ0) is 24.4. The molecule has 182 valence electrons. The second kappa shape index (κ2) is 12.7. The van der Waals surface area contributed by atoms with Gasteiger partial charge in [-0.15, -0.1) is 0 Å². The molecule has 33 heavy (non-hydrogen) atoms. The highest BCUT2D eigenvalue weighted by Crippen LogP contribution is 2.15. The van der Waals surface area contributed by atoms with Gasteiger partial charge in [-0.3, -0.25) is 24.2 Å². The monoisotopic (exact) mass is 470 g/mol. The van der Waals surface area contributed by atoms with E-state index >= 15 is 0 Å². The third-order valence-corrected chi connectivity index (χ3v) is 5.11. The van der Waals surface area contributed by atoms with Crippen molar-refractivity contribution in [3.63, 3.8) is 0 Å². The van der Waals surface area contributed by atoms with Crippen LogP contribution in [0.3, 0.4) is 0 Å². The fraction of sp³-hybridized carbons (Fsp3) is 0.476. The first-order chi connectivity index (χ1) is 15.6. The summed E-state index contributed by atoms with van der Waals surface area (Å²) in [5, 5.41) is 27.6. The molecule has 0 aromatic heterocycles. The smallest absolute Gasteiger partial charge is 0.323 e. The Balaban J connectivity index is 2.27. The van der Waals surface area contributed by atoms with Crippen molar-refractivity contribution in [1.29, 1.82) is 0 Å². The van der Waals surface area contributed by atoms with Crippen LogP contribution in [-0.2, 0) is 20.9 Å². The van der Waals surface area contributed by atoms with E-state index in [4.69, 9.17) is 5.11 Å². The van der Waals surface area contributed by atoms with E-state index in [2.05, 4.69) is 0 Å². The quantitative estimate of drug-likeness (QED) is 0.492. The van der Waals surface area contributed by atoms with Crippen molar-refractivity contribution < 1.29 is 38.5 Å². The lowest BCUT2D eigenvalue weighted by atomic mass is 10.2. The zero-order valence-electron chi connectivity index (χ0n) is 18.1. The molecule has 1 heterocycles. The largest absolute Gasteiger partial charge is 0.480 e. The number of nitrogens with zero attached hydrogens (tertiary/aromatic N) is 4. The summed E-state index contributed by atoms with van der Waals surface area (Å²) in [5.41, 5.74) is -0.123. The van der Waals surface area contributed by atoms with Crippen LogP contribution in [0.2, 0.25) is 0 Å². The molecule has 0 atom stereocenters. The average molecular weight is 470 g/mol. The summed E-state index contributed by atoms with van der Waals surface area (Å²) in [6.45, 7) is 0.346. The number of carbonyl (C=O) groups is 3. The Hall–Kier alpha value is -3.25. The number of carboxylic acids is 3. The minimum Gasteiger partial charge on any atom is -0.480 e. The summed E-state index contributed by atoms with van der Waals surface area (Å²) in [5.74, 6) is -4.62. The minimum absolute atomic E-state index is 0.0742. The van der Waals surface area contributed by atoms with Gasteiger partial charge in [0.2, 0.25) is 0 Å². The normalized spacial score (nSPS) is 17.8. The SMILES string of the molecule is O=C(O)CN1/C=C\N(CC(=O)O)CCN(Cc2c(F)cccc2F)CCN(CC(=O)O)CC1. The first-order valence-electron chi connectivity index (χ1n) is 10.3. The molecular weight excluding hydrogens is 442 g/mol. The molecule has 0 saturated heterocycles. The van der Waals surface area contributed by atoms with Crippen molar-refractivity contribution in [3.05, 3.63) is 47.8 Å². The molecule has 12 heteroatoms. The van der Waals surface area contributed by atoms with Crippen LogP contribution in [0.25, 0.3) is 0 Å². The van der Waals surface area contributed by atoms with Crippen LogP contribution in [0.5, 0.6) is 0 Å². The van der Waals surface area contributed by atoms with Crippen LogP contribution >= 0.6 is 0 Å². The van der Waals surface area contributed by atoms with Gasteiger partial charge in [0.25, 0.3) is 0 Å². The predicted molar refractivity (Wildman–Crippen MR) is 113 cm³/mol. The number of rotatable bonds is 8. The number of halogens is 2. The van der Waals surface area contributed by atoms with Crippen LogP contribution in [0.4, 0.5) is 8.78 Å². The van der Waals surface area contributed by atoms with Gasteiger partial charge in [0.15, 0.2) is 0 Å². The van der Waals surface area contributed by atoms with Gasteiger partial charge in [-0.05, 0) is 12.1 Å². The minimum atomic E-state index is -1.09. The van der Waals surface area contributed by atoms with Crippen LogP contribution in [-0.4, -0.2) is 112 Å². The van der Waals surface area contributed by atoms with Crippen LogP contribution in [0, 0.1) is 11.6 Å². The van der Waals surface area contributed by atoms with Crippen molar-refractivity contribution in [2.75, 3.05) is 58.9 Å². The van der Waals surface area contributed by atoms with E-state index in [0.717, 1.165) is 12.1 Å². The molecule has 0 aliphatic carbocycles. The third kappa shape index (κ3) is 9.41. The third-order valence-electron chi connectivity index (χ3n) is 5.11. The van der Waals surface area contributed by atoms with E-state index in [9.17, 15) is 33.4 Å². The maximum absolute atomic E-state index is 14.2. The maximum Gasteiger partial charge on any atom is 0.323 e. The molecule has 0 radical (unpaired) electrons. The molecule has 0 spiro atoms. The number of benzene rings is 1. The number of hydrogen-bond acceptors (Lipinski definition) is 7. The van der Waals surface area contributed by atoms with E-state index in [1.165, 1.54) is 28.3 Å². The first-order valence-corrected chi connectivity index (χ1v) is 10.3. The molecule has 0 bridgehead atoms. The van der Waals surface area contributed by atoms with Crippen LogP contribution < -0.4 is 0 Å². The summed E-state index contributed by atoms with van der Waals surface area (Å²) in [4.78, 5) is 40.0. The molecule has 0 amide bonds. The zero-order valence-corrected chi connectivity index (χ0v) is 18.1. The molecule has 1 aliphatic heterocycles. The van der Waals surface area contributed by atoms with Gasteiger partial charge in [-0.25, -0.2) is 8.78 Å². The van der Waals surface area contributed by atoms with Gasteiger partial charge in [0.05, 0.1) is 6.54 Å². The van der Waals surface area contributed by atoms with E-state index < -0.39 is 29.5 Å². The molecule has 2 rings (SSSR count). The summed E-state index contributed by atoms with van der Waals surface area (Å²) in [7, 11) is 0. The molecule has 0 unspecified atom stereocenters. The number of carboxylic acid groups (broad SMARTS) is 3. The first kappa shape index (κ1) is 26.0. The van der Waals surface area contributed by atoms with E-state index in [1.54, 1.807) is 9.80 Å². The van der Waals surface area contributed by atoms with Gasteiger partial charge in [0, 0.05) is 63.8 Å². The number of hydrogen-bond donors (Lipinski definition) is 3. The highest BCUT2D eigenvalue weighted by Gasteiger charge is 2.19. The topological polar surface area (TPSA) is 125 Å². The van der Waals surface area contributed by atoms with Crippen LogP contribution in [0.15, 0.2) is 30.6 Å². The van der Waals surface area contributed by atoms with E-state index in [1.807, 2.05) is 0 Å². The molecule has 10 nitrogen and oxygen atoms in total. The van der Waals surface area contributed by atoms with E-state index in [-0.39, 0.29) is 71.0 Å². The van der Waals surface area contributed by atoms with E-state index in [0.29, 0.717) is 0 Å². The average Bonchev–Trinajstić information content (AvgIpc) is 2.71. The summed E-state index contributed by atoms with van der Waals surface area (Å²) in [6, 6.07) is 3.58. The van der Waals surface area contributed by atoms with Crippen molar-refractivity contribution >= 4 is 17.9 Å². The van der Waals surface area contributed by atoms with Gasteiger partial charge in [-0.1, -0.05) is 6.07 Å². The number of aliphatic carboxylic acids is 3. The van der Waals surface area contributed by atoms with Crippen molar-refractivity contribution in [3.8, 4) is 0 Å². The predicted octanol–water partition coefficient (Wildman–Crippen LogP) is 0.411. The second-order valence-electron chi connectivity index (χ2n) is 7.67. The molecule has 3 N–H and O–H groups in total. The van der Waals surface area contributed by atoms with Crippen molar-refractivity contribution in [2.24, 2.45) is 0 Å². The molecule has 0 saturated carbocycles. The summed E-state index contributed by atoms with van der Waals surface area (Å²) in [6.07, 6.45) is 2.92. The second-order valence-corrected chi connectivity index (χ2v) is 7.67. The lowest BCUT2D eigenvalue weighted by Crippen LogP contribution is -2.44.